The van der Waals surface area contributed by atoms with Gasteiger partial charge in [0.2, 0.25) is 5.75 Å². The van der Waals surface area contributed by atoms with E-state index in [0.717, 1.165) is 4.47 Å². The average Bonchev–Trinajstić information content (AvgIpc) is 2.84. The number of hydrogen-bond donors (Lipinski definition) is 2. The van der Waals surface area contributed by atoms with E-state index in [0.29, 0.717) is 22.4 Å². The summed E-state index contributed by atoms with van der Waals surface area (Å²) in [6.07, 6.45) is 1.52. The molecule has 2 aromatic carbocycles. The second-order valence-corrected chi connectivity index (χ2v) is 5.97. The number of phenols is 1. The van der Waals surface area contributed by atoms with E-state index < -0.39 is 16.4 Å². The van der Waals surface area contributed by atoms with Gasteiger partial charge in [-0.15, -0.1) is 0 Å². The maximum Gasteiger partial charge on any atom is 0.315 e. The van der Waals surface area contributed by atoms with Gasteiger partial charge in [-0.25, -0.2) is 0 Å². The predicted octanol–water partition coefficient (Wildman–Crippen LogP) is 3.56. The topological polar surface area (TPSA) is 102 Å². The van der Waals surface area contributed by atoms with Gasteiger partial charge in [-0.05, 0) is 35.9 Å². The summed E-state index contributed by atoms with van der Waals surface area (Å²) < 4.78 is 5.77. The number of phenolic OH excluding ortho intramolecular Hbond substituents is 1. The molecule has 0 saturated carbocycles. The number of halogens is 1. The molecule has 0 saturated heterocycles. The van der Waals surface area contributed by atoms with Gasteiger partial charge in [0.25, 0.3) is 5.91 Å². The molecule has 0 radical (unpaired) electrons. The minimum Gasteiger partial charge on any atom is -0.500 e. The van der Waals surface area contributed by atoms with Crippen LogP contribution in [0.1, 0.15) is 11.1 Å². The van der Waals surface area contributed by atoms with Crippen LogP contribution in [0.2, 0.25) is 0 Å². The van der Waals surface area contributed by atoms with Crippen LogP contribution in [0, 0.1) is 10.1 Å². The number of fused-ring (bicyclic) bond motifs is 1. The quantitative estimate of drug-likeness (QED) is 0.473. The first-order chi connectivity index (χ1) is 11.4. The van der Waals surface area contributed by atoms with E-state index in [1.165, 1.54) is 25.3 Å². The van der Waals surface area contributed by atoms with Gasteiger partial charge in [-0.1, -0.05) is 15.9 Å². The Morgan fingerprint density at radius 2 is 2.08 bits per heavy atom. The van der Waals surface area contributed by atoms with Gasteiger partial charge in [-0.2, -0.15) is 0 Å². The van der Waals surface area contributed by atoms with Gasteiger partial charge >= 0.3 is 5.69 Å². The Bertz CT molecular complexity index is 908. The summed E-state index contributed by atoms with van der Waals surface area (Å²) in [5.41, 5.74) is 1.59. The van der Waals surface area contributed by atoms with Crippen LogP contribution in [0.15, 0.2) is 34.8 Å². The highest BCUT2D eigenvalue weighted by molar-refractivity contribution is 9.10. The van der Waals surface area contributed by atoms with Crippen LogP contribution in [0.25, 0.3) is 11.6 Å². The third kappa shape index (κ3) is 2.71. The number of carbonyl (C=O) groups is 1. The second kappa shape index (κ2) is 5.97. The summed E-state index contributed by atoms with van der Waals surface area (Å²) in [7, 11) is 1.30. The number of nitro benzene ring substituents is 1. The molecular formula is C16H11BrN2O5. The summed E-state index contributed by atoms with van der Waals surface area (Å²) in [6, 6.07) is 7.96. The zero-order chi connectivity index (χ0) is 17.4. The molecule has 122 valence electrons. The summed E-state index contributed by atoms with van der Waals surface area (Å²) >= 11 is 3.35. The number of aromatic hydroxyl groups is 1. The zero-order valence-electron chi connectivity index (χ0n) is 12.4. The van der Waals surface area contributed by atoms with Crippen LogP contribution in [0.3, 0.4) is 0 Å². The van der Waals surface area contributed by atoms with E-state index in [1.54, 1.807) is 18.2 Å². The lowest BCUT2D eigenvalue weighted by Gasteiger charge is -2.06. The number of nitrogens with zero attached hydrogens (tertiary/aromatic N) is 1. The first-order valence-corrected chi connectivity index (χ1v) is 7.58. The Labute approximate surface area is 144 Å². The number of nitrogens with one attached hydrogen (secondary N) is 1. The highest BCUT2D eigenvalue weighted by Gasteiger charge is 2.25. The number of nitro groups is 1. The first-order valence-electron chi connectivity index (χ1n) is 6.79. The number of ether oxygens (including phenoxy) is 1. The van der Waals surface area contributed by atoms with Crippen LogP contribution in [-0.2, 0) is 4.79 Å². The van der Waals surface area contributed by atoms with Gasteiger partial charge < -0.3 is 15.2 Å². The fraction of sp³-hybridized carbons (Fsp3) is 0.0625. The number of anilines is 1. The van der Waals surface area contributed by atoms with Crippen LogP contribution < -0.4 is 10.1 Å². The summed E-state index contributed by atoms with van der Waals surface area (Å²) in [5.74, 6) is -0.898. The molecule has 0 aromatic heterocycles. The van der Waals surface area contributed by atoms with Gasteiger partial charge in [0.05, 0.1) is 12.0 Å². The molecule has 0 spiro atoms. The Morgan fingerprint density at radius 1 is 1.33 bits per heavy atom. The van der Waals surface area contributed by atoms with Crippen molar-refractivity contribution in [2.45, 2.75) is 0 Å². The van der Waals surface area contributed by atoms with Crippen molar-refractivity contribution >= 4 is 44.9 Å². The van der Waals surface area contributed by atoms with Gasteiger partial charge in [0, 0.05) is 27.4 Å². The number of methoxy groups -OCH3 is 1. The maximum absolute atomic E-state index is 12.2. The molecule has 1 aliphatic rings. The number of benzene rings is 2. The smallest absolute Gasteiger partial charge is 0.315 e. The monoisotopic (exact) mass is 390 g/mol. The average molecular weight is 391 g/mol. The highest BCUT2D eigenvalue weighted by Crippen LogP contribution is 2.39. The van der Waals surface area contributed by atoms with Crippen LogP contribution in [-0.4, -0.2) is 23.0 Å². The van der Waals surface area contributed by atoms with E-state index >= 15 is 0 Å². The minimum absolute atomic E-state index is 0.0380. The number of amides is 1. The predicted molar refractivity (Wildman–Crippen MR) is 92.0 cm³/mol. The Kier molecular flexibility index (Phi) is 3.98. The summed E-state index contributed by atoms with van der Waals surface area (Å²) in [4.78, 5) is 22.5. The molecule has 0 bridgehead atoms. The fourth-order valence-corrected chi connectivity index (χ4v) is 2.82. The molecular weight excluding hydrogens is 380 g/mol. The molecule has 1 amide bonds. The fourth-order valence-electron chi connectivity index (χ4n) is 2.46. The molecule has 0 atom stereocenters. The lowest BCUT2D eigenvalue weighted by Crippen LogP contribution is -2.03. The lowest BCUT2D eigenvalue weighted by molar-refractivity contribution is -0.386. The van der Waals surface area contributed by atoms with Gasteiger partial charge in [-0.3, -0.25) is 14.9 Å². The molecule has 24 heavy (non-hydrogen) atoms. The second-order valence-electron chi connectivity index (χ2n) is 5.05. The molecule has 3 rings (SSSR count). The van der Waals surface area contributed by atoms with Crippen molar-refractivity contribution in [3.63, 3.8) is 0 Å². The molecule has 8 heteroatoms. The Morgan fingerprint density at radius 3 is 2.75 bits per heavy atom. The molecule has 7 nitrogen and oxygen atoms in total. The van der Waals surface area contributed by atoms with Crippen LogP contribution >= 0.6 is 15.9 Å². The standard InChI is InChI=1S/C16H11BrN2O5/c1-24-14-6-8(5-13(15(14)20)19(22)23)4-11-10-7-9(17)2-3-12(10)18-16(11)21/h2-7,20H,1H3,(H,18,21)/b11-4-. The van der Waals surface area contributed by atoms with Crippen molar-refractivity contribution in [3.8, 4) is 11.5 Å². The Balaban J connectivity index is 2.16. The number of carbonyl (C=O) groups excluding carboxylic acids is 1. The molecule has 1 aliphatic heterocycles. The van der Waals surface area contributed by atoms with Crippen molar-refractivity contribution in [3.05, 3.63) is 56.0 Å². The van der Waals surface area contributed by atoms with Crippen molar-refractivity contribution in [2.75, 3.05) is 12.4 Å². The van der Waals surface area contributed by atoms with E-state index in [2.05, 4.69) is 21.2 Å². The highest BCUT2D eigenvalue weighted by atomic mass is 79.9. The molecule has 2 aromatic rings. The van der Waals surface area contributed by atoms with Crippen molar-refractivity contribution in [1.29, 1.82) is 0 Å². The minimum atomic E-state index is -0.709. The van der Waals surface area contributed by atoms with E-state index in [9.17, 15) is 20.0 Å². The molecule has 0 fully saturated rings. The van der Waals surface area contributed by atoms with Crippen molar-refractivity contribution < 1.29 is 19.6 Å². The first kappa shape index (κ1) is 16.0. The number of rotatable bonds is 3. The van der Waals surface area contributed by atoms with Gasteiger partial charge in [0.15, 0.2) is 5.75 Å². The van der Waals surface area contributed by atoms with E-state index in [4.69, 9.17) is 4.74 Å². The summed E-state index contributed by atoms with van der Waals surface area (Å²) in [5, 5.41) is 23.6. The third-order valence-electron chi connectivity index (χ3n) is 3.57. The van der Waals surface area contributed by atoms with Crippen molar-refractivity contribution in [1.82, 2.24) is 0 Å². The van der Waals surface area contributed by atoms with E-state index in [1.807, 2.05) is 0 Å². The van der Waals surface area contributed by atoms with Gasteiger partial charge in [0.1, 0.15) is 0 Å². The SMILES string of the molecule is COc1cc(/C=C2\C(=O)Nc3ccc(Br)cc32)cc([N+](=O)[O-])c1O. The largest absolute Gasteiger partial charge is 0.500 e. The lowest BCUT2D eigenvalue weighted by atomic mass is 10.0. The van der Waals surface area contributed by atoms with Crippen LogP contribution in [0.5, 0.6) is 11.5 Å². The number of hydrogen-bond acceptors (Lipinski definition) is 5. The molecule has 0 unspecified atom stereocenters. The molecule has 2 N–H and O–H groups in total. The zero-order valence-corrected chi connectivity index (χ0v) is 14.0. The Hall–Kier alpha value is -2.87. The van der Waals surface area contributed by atoms with Crippen LogP contribution in [0.4, 0.5) is 11.4 Å². The molecule has 0 aliphatic carbocycles. The maximum atomic E-state index is 12.2. The van der Waals surface area contributed by atoms with Crippen molar-refractivity contribution in [2.24, 2.45) is 0 Å². The normalized spacial score (nSPS) is 14.4. The summed E-state index contributed by atoms with van der Waals surface area (Å²) in [6.45, 7) is 0. The third-order valence-corrected chi connectivity index (χ3v) is 4.06. The van der Waals surface area contributed by atoms with E-state index in [-0.39, 0.29) is 11.7 Å². The molecule has 1 heterocycles.